The van der Waals surface area contributed by atoms with Crippen LogP contribution >= 0.6 is 27.3 Å². The Balaban J connectivity index is 2.21. The minimum Gasteiger partial charge on any atom is -0.309 e. The van der Waals surface area contributed by atoms with E-state index in [0.717, 1.165) is 6.54 Å². The van der Waals surface area contributed by atoms with E-state index >= 15 is 0 Å². The van der Waals surface area contributed by atoms with Gasteiger partial charge in [0.15, 0.2) is 0 Å². The number of thiophene rings is 1. The zero-order chi connectivity index (χ0) is 8.77. The molecule has 2 rings (SSSR count). The molecule has 0 bridgehead atoms. The van der Waals surface area contributed by atoms with Gasteiger partial charge in [-0.15, -0.1) is 11.3 Å². The zero-order valence-electron chi connectivity index (χ0n) is 7.23. The smallest absolute Gasteiger partial charge is 0.0701 e. The van der Waals surface area contributed by atoms with E-state index in [4.69, 9.17) is 0 Å². The van der Waals surface area contributed by atoms with Gasteiger partial charge in [0.2, 0.25) is 0 Å². The Morgan fingerprint density at radius 2 is 2.42 bits per heavy atom. The van der Waals surface area contributed by atoms with Crippen molar-refractivity contribution in [3.05, 3.63) is 20.8 Å². The second-order valence-electron chi connectivity index (χ2n) is 3.99. The van der Waals surface area contributed by atoms with Crippen LogP contribution in [0.5, 0.6) is 0 Å². The lowest BCUT2D eigenvalue weighted by molar-refractivity contribution is 0.128. The molecule has 1 atom stereocenters. The third-order valence-electron chi connectivity index (χ3n) is 2.46. The average molecular weight is 246 g/mol. The molecule has 12 heavy (non-hydrogen) atoms. The Hall–Kier alpha value is 0.140. The molecule has 1 N–H and O–H groups in total. The highest BCUT2D eigenvalue weighted by molar-refractivity contribution is 9.11. The first-order chi connectivity index (χ1) is 5.59. The molecule has 1 nitrogen and oxygen atoms in total. The van der Waals surface area contributed by atoms with E-state index in [9.17, 15) is 0 Å². The van der Waals surface area contributed by atoms with Crippen molar-refractivity contribution in [1.82, 2.24) is 5.32 Å². The highest BCUT2D eigenvalue weighted by atomic mass is 79.9. The van der Waals surface area contributed by atoms with Gasteiger partial charge in [0.05, 0.1) is 3.79 Å². The summed E-state index contributed by atoms with van der Waals surface area (Å²) in [6, 6.07) is 2.77. The second-order valence-corrected chi connectivity index (χ2v) is 6.28. The van der Waals surface area contributed by atoms with Gasteiger partial charge in [-0.25, -0.2) is 0 Å². The topological polar surface area (TPSA) is 12.0 Å². The monoisotopic (exact) mass is 245 g/mol. The van der Waals surface area contributed by atoms with Crippen LogP contribution in [0.4, 0.5) is 0 Å². The third kappa shape index (κ3) is 1.34. The Kier molecular flexibility index (Phi) is 2.05. The van der Waals surface area contributed by atoms with E-state index in [1.165, 1.54) is 9.35 Å². The first-order valence-corrected chi connectivity index (χ1v) is 5.74. The van der Waals surface area contributed by atoms with Crippen molar-refractivity contribution in [2.45, 2.75) is 19.9 Å². The van der Waals surface area contributed by atoms with E-state index in [0.29, 0.717) is 11.5 Å². The van der Waals surface area contributed by atoms with Crippen LogP contribution < -0.4 is 5.32 Å². The van der Waals surface area contributed by atoms with Crippen molar-refractivity contribution in [1.29, 1.82) is 0 Å². The molecule has 3 heteroatoms. The molecule has 0 saturated carbocycles. The van der Waals surface area contributed by atoms with Crippen LogP contribution in [0.15, 0.2) is 15.2 Å². The van der Waals surface area contributed by atoms with Crippen molar-refractivity contribution < 1.29 is 0 Å². The van der Waals surface area contributed by atoms with Crippen molar-refractivity contribution in [3.8, 4) is 0 Å². The standard InChI is InChI=1S/C9H12BrNS/c1-9(2)5-11-8(9)6-3-7(10)12-4-6/h3-4,8,11H,5H2,1-2H3. The predicted molar refractivity (Wildman–Crippen MR) is 56.5 cm³/mol. The number of halogens is 1. The van der Waals surface area contributed by atoms with Crippen molar-refractivity contribution >= 4 is 27.3 Å². The largest absolute Gasteiger partial charge is 0.309 e. The van der Waals surface area contributed by atoms with E-state index < -0.39 is 0 Å². The lowest BCUT2D eigenvalue weighted by Crippen LogP contribution is -2.52. The molecule has 1 unspecified atom stereocenters. The van der Waals surface area contributed by atoms with E-state index in [1.54, 1.807) is 11.3 Å². The average Bonchev–Trinajstić information content (AvgIpc) is 2.34. The summed E-state index contributed by atoms with van der Waals surface area (Å²) in [6.45, 7) is 5.74. The van der Waals surface area contributed by atoms with Crippen LogP contribution in [-0.4, -0.2) is 6.54 Å². The second kappa shape index (κ2) is 2.82. The Bertz CT molecular complexity index is 292. The van der Waals surface area contributed by atoms with E-state index in [-0.39, 0.29) is 0 Å². The summed E-state index contributed by atoms with van der Waals surface area (Å²) in [4.78, 5) is 0. The summed E-state index contributed by atoms with van der Waals surface area (Å²) < 4.78 is 1.22. The van der Waals surface area contributed by atoms with Gasteiger partial charge < -0.3 is 5.32 Å². The van der Waals surface area contributed by atoms with Crippen molar-refractivity contribution in [2.75, 3.05) is 6.54 Å². The van der Waals surface area contributed by atoms with Crippen LogP contribution in [0, 0.1) is 5.41 Å². The van der Waals surface area contributed by atoms with Crippen LogP contribution in [0.1, 0.15) is 25.5 Å². The summed E-state index contributed by atoms with van der Waals surface area (Å²) in [6.07, 6.45) is 0. The molecule has 1 aromatic heterocycles. The van der Waals surface area contributed by atoms with Gasteiger partial charge in [0, 0.05) is 12.6 Å². The Labute approximate surface area is 85.3 Å². The predicted octanol–water partition coefficient (Wildman–Crippen LogP) is 3.18. The summed E-state index contributed by atoms with van der Waals surface area (Å²) in [5.74, 6) is 0. The van der Waals surface area contributed by atoms with Crippen LogP contribution in [0.3, 0.4) is 0 Å². The van der Waals surface area contributed by atoms with E-state index in [2.05, 4.69) is 46.5 Å². The van der Waals surface area contributed by atoms with Crippen LogP contribution in [0.2, 0.25) is 0 Å². The molecule has 0 amide bonds. The SMILES string of the molecule is CC1(C)CNC1c1csc(Br)c1. The fourth-order valence-corrected chi connectivity index (χ4v) is 2.86. The Morgan fingerprint density at radius 3 is 2.75 bits per heavy atom. The molecule has 1 aliphatic heterocycles. The maximum Gasteiger partial charge on any atom is 0.0701 e. The van der Waals surface area contributed by atoms with Crippen molar-refractivity contribution in [2.24, 2.45) is 5.41 Å². The van der Waals surface area contributed by atoms with Gasteiger partial charge >= 0.3 is 0 Å². The summed E-state index contributed by atoms with van der Waals surface area (Å²) in [7, 11) is 0. The molecule has 0 radical (unpaired) electrons. The molecule has 1 aromatic rings. The first-order valence-electron chi connectivity index (χ1n) is 4.07. The fraction of sp³-hybridized carbons (Fsp3) is 0.556. The Morgan fingerprint density at radius 1 is 1.67 bits per heavy atom. The summed E-state index contributed by atoms with van der Waals surface area (Å²) >= 11 is 5.24. The molecule has 2 heterocycles. The molecule has 0 aliphatic carbocycles. The van der Waals surface area contributed by atoms with Crippen LogP contribution in [-0.2, 0) is 0 Å². The minimum atomic E-state index is 0.431. The number of rotatable bonds is 1. The first kappa shape index (κ1) is 8.73. The van der Waals surface area contributed by atoms with Crippen LogP contribution in [0.25, 0.3) is 0 Å². The molecule has 1 aliphatic rings. The van der Waals surface area contributed by atoms with Gasteiger partial charge in [-0.05, 0) is 38.4 Å². The van der Waals surface area contributed by atoms with Crippen molar-refractivity contribution in [3.63, 3.8) is 0 Å². The minimum absolute atomic E-state index is 0.431. The highest BCUT2D eigenvalue weighted by Gasteiger charge is 2.39. The maximum atomic E-state index is 3.48. The van der Waals surface area contributed by atoms with Gasteiger partial charge in [-0.3, -0.25) is 0 Å². The molecule has 0 aromatic carbocycles. The lowest BCUT2D eigenvalue weighted by Gasteiger charge is -2.45. The lowest BCUT2D eigenvalue weighted by atomic mass is 9.75. The number of hydrogen-bond acceptors (Lipinski definition) is 2. The number of hydrogen-bond donors (Lipinski definition) is 1. The third-order valence-corrected chi connectivity index (χ3v) is 3.99. The normalized spacial score (nSPS) is 26.8. The fourth-order valence-electron chi connectivity index (χ4n) is 1.66. The molecule has 1 fully saturated rings. The van der Waals surface area contributed by atoms with Gasteiger partial charge in [0.25, 0.3) is 0 Å². The molecule has 0 spiro atoms. The molecular weight excluding hydrogens is 234 g/mol. The maximum absolute atomic E-state index is 3.48. The molecular formula is C9H12BrNS. The van der Waals surface area contributed by atoms with Gasteiger partial charge in [-0.1, -0.05) is 13.8 Å². The van der Waals surface area contributed by atoms with Gasteiger partial charge in [0.1, 0.15) is 0 Å². The van der Waals surface area contributed by atoms with E-state index in [1.807, 2.05) is 0 Å². The highest BCUT2D eigenvalue weighted by Crippen LogP contribution is 2.42. The summed E-state index contributed by atoms with van der Waals surface area (Å²) in [5, 5.41) is 5.68. The molecule has 1 saturated heterocycles. The molecule has 66 valence electrons. The quantitative estimate of drug-likeness (QED) is 0.802. The number of nitrogens with one attached hydrogen (secondary N) is 1. The summed E-state index contributed by atoms with van der Waals surface area (Å²) in [5.41, 5.74) is 1.85. The van der Waals surface area contributed by atoms with Gasteiger partial charge in [-0.2, -0.15) is 0 Å². The zero-order valence-corrected chi connectivity index (χ0v) is 9.63.